The molecule has 1 aromatic heterocycles. The largest absolute Gasteiger partial charge is 0.228 e. The second kappa shape index (κ2) is 14.7. The van der Waals surface area contributed by atoms with Crippen molar-refractivity contribution in [2.24, 2.45) is 0 Å². The van der Waals surface area contributed by atoms with Crippen LogP contribution in [-0.4, -0.2) is 9.97 Å². The number of hydrogen-bond acceptors (Lipinski definition) is 2. The molecule has 0 spiro atoms. The highest BCUT2D eigenvalue weighted by Gasteiger charge is 2.46. The van der Waals surface area contributed by atoms with Gasteiger partial charge in [-0.1, -0.05) is 220 Å². The Balaban J connectivity index is 1.00. The summed E-state index contributed by atoms with van der Waals surface area (Å²) in [4.78, 5) is 10.8. The molecule has 310 valence electrons. The van der Waals surface area contributed by atoms with Gasteiger partial charge in [-0.05, 0) is 113 Å². The van der Waals surface area contributed by atoms with Crippen molar-refractivity contribution in [2.45, 2.75) is 24.7 Å². The Labute approximate surface area is 385 Å². The molecule has 11 aromatic rings. The molecule has 1 heterocycles. The SMILES string of the molecule is CC1(C)c2cc3ccccc3cc2-c2c(-c3ccc(-c4cc(-c5ccc6c(c5)-c5ccccc5C6(c5ccccc5)c5ccccc5)nc(-c5ccccc5)n4)c4ccccc34)cccc21. The maximum Gasteiger partial charge on any atom is 0.160 e. The highest BCUT2D eigenvalue weighted by atomic mass is 14.9. The topological polar surface area (TPSA) is 25.8 Å². The average Bonchev–Trinajstić information content (AvgIpc) is 3.80. The molecule has 0 aliphatic heterocycles. The second-order valence-corrected chi connectivity index (χ2v) is 18.4. The summed E-state index contributed by atoms with van der Waals surface area (Å²) < 4.78 is 0. The van der Waals surface area contributed by atoms with Gasteiger partial charge in [-0.25, -0.2) is 9.97 Å². The number of hydrogen-bond donors (Lipinski definition) is 0. The third kappa shape index (κ3) is 5.61. The Bertz CT molecular complexity index is 3680. The second-order valence-electron chi connectivity index (χ2n) is 18.4. The Kier molecular flexibility index (Phi) is 8.51. The van der Waals surface area contributed by atoms with Crippen LogP contribution in [0, 0.1) is 0 Å². The van der Waals surface area contributed by atoms with Gasteiger partial charge >= 0.3 is 0 Å². The number of fused-ring (bicyclic) bond motifs is 8. The Hall–Kier alpha value is -8.20. The van der Waals surface area contributed by atoms with Crippen molar-refractivity contribution in [1.82, 2.24) is 9.97 Å². The molecule has 2 aliphatic rings. The fourth-order valence-corrected chi connectivity index (χ4v) is 11.5. The van der Waals surface area contributed by atoms with Crippen LogP contribution < -0.4 is 0 Å². The molecule has 2 nitrogen and oxygen atoms in total. The molecule has 66 heavy (non-hydrogen) atoms. The van der Waals surface area contributed by atoms with Crippen LogP contribution in [0.1, 0.15) is 47.2 Å². The summed E-state index contributed by atoms with van der Waals surface area (Å²) in [5.74, 6) is 0.701. The van der Waals surface area contributed by atoms with Gasteiger partial charge in [-0.2, -0.15) is 0 Å². The number of benzene rings is 10. The summed E-state index contributed by atoms with van der Waals surface area (Å²) in [5.41, 5.74) is 19.7. The lowest BCUT2D eigenvalue weighted by atomic mass is 9.67. The van der Waals surface area contributed by atoms with Crippen molar-refractivity contribution in [1.29, 1.82) is 0 Å². The van der Waals surface area contributed by atoms with Crippen LogP contribution in [0.3, 0.4) is 0 Å². The van der Waals surface area contributed by atoms with Crippen LogP contribution in [0.15, 0.2) is 231 Å². The van der Waals surface area contributed by atoms with Crippen LogP contribution in [0.2, 0.25) is 0 Å². The van der Waals surface area contributed by atoms with Crippen molar-refractivity contribution in [2.75, 3.05) is 0 Å². The number of rotatable bonds is 6. The molecule has 2 heteroatoms. The number of aromatic nitrogens is 2. The minimum absolute atomic E-state index is 0.129. The molecular weight excluding hydrogens is 797 g/mol. The quantitative estimate of drug-likeness (QED) is 0.167. The predicted molar refractivity (Wildman–Crippen MR) is 274 cm³/mol. The van der Waals surface area contributed by atoms with Gasteiger partial charge in [0.1, 0.15) is 0 Å². The molecule has 0 saturated heterocycles. The van der Waals surface area contributed by atoms with Gasteiger partial charge < -0.3 is 0 Å². The first-order valence-electron chi connectivity index (χ1n) is 23.0. The lowest BCUT2D eigenvalue weighted by molar-refractivity contribution is 0.661. The van der Waals surface area contributed by atoms with Gasteiger partial charge in [-0.3, -0.25) is 0 Å². The molecule has 0 bridgehead atoms. The molecule has 0 amide bonds. The van der Waals surface area contributed by atoms with E-state index in [-0.39, 0.29) is 5.41 Å². The van der Waals surface area contributed by atoms with Gasteiger partial charge in [0.05, 0.1) is 16.8 Å². The monoisotopic (exact) mass is 840 g/mol. The van der Waals surface area contributed by atoms with E-state index in [1.165, 1.54) is 82.9 Å². The van der Waals surface area contributed by atoms with Crippen molar-refractivity contribution in [3.8, 4) is 67.3 Å². The van der Waals surface area contributed by atoms with Gasteiger partial charge in [0, 0.05) is 22.1 Å². The van der Waals surface area contributed by atoms with Gasteiger partial charge in [0.2, 0.25) is 0 Å². The lowest BCUT2D eigenvalue weighted by Gasteiger charge is -2.33. The Morgan fingerprint density at radius 3 is 1.62 bits per heavy atom. The van der Waals surface area contributed by atoms with Gasteiger partial charge in [0.15, 0.2) is 5.82 Å². The fraction of sp³-hybridized carbons (Fsp3) is 0.0625. The van der Waals surface area contributed by atoms with E-state index in [4.69, 9.17) is 9.97 Å². The van der Waals surface area contributed by atoms with Gasteiger partial charge in [0.25, 0.3) is 0 Å². The zero-order valence-corrected chi connectivity index (χ0v) is 36.8. The highest BCUT2D eigenvalue weighted by Crippen LogP contribution is 2.57. The van der Waals surface area contributed by atoms with E-state index in [1.807, 2.05) is 6.07 Å². The van der Waals surface area contributed by atoms with Crippen molar-refractivity contribution >= 4 is 21.5 Å². The van der Waals surface area contributed by atoms with Crippen LogP contribution >= 0.6 is 0 Å². The molecule has 0 fully saturated rings. The molecule has 13 rings (SSSR count). The standard InChI is InChI=1S/C64H44N2/c1-63(2)57-32-18-30-52(61(57)54-37-42-21-12-13-22-43(42)39-58(54)63)49-34-35-51(48-28-15-14-27-47(48)49)60-40-59(65-62(66-60)41-19-6-3-7-20-41)44-33-36-56-53(38-44)50-29-16-17-31-55(50)64(56,45-23-8-4-9-24-45)46-25-10-5-11-26-46/h3-40H,1-2H3. The zero-order valence-electron chi connectivity index (χ0n) is 36.8. The first-order valence-corrected chi connectivity index (χ1v) is 23.0. The Morgan fingerprint density at radius 1 is 0.318 bits per heavy atom. The normalized spacial score (nSPS) is 13.8. The zero-order chi connectivity index (χ0) is 44.0. The van der Waals surface area contributed by atoms with Crippen molar-refractivity contribution in [3.63, 3.8) is 0 Å². The van der Waals surface area contributed by atoms with E-state index in [0.29, 0.717) is 5.82 Å². The Morgan fingerprint density at radius 2 is 0.879 bits per heavy atom. The smallest absolute Gasteiger partial charge is 0.160 e. The van der Waals surface area contributed by atoms with Crippen LogP contribution in [0.5, 0.6) is 0 Å². The van der Waals surface area contributed by atoms with Crippen molar-refractivity contribution < 1.29 is 0 Å². The summed E-state index contributed by atoms with van der Waals surface area (Å²) >= 11 is 0. The predicted octanol–water partition coefficient (Wildman–Crippen LogP) is 16.1. The third-order valence-electron chi connectivity index (χ3n) is 14.6. The fourth-order valence-electron chi connectivity index (χ4n) is 11.5. The molecule has 0 radical (unpaired) electrons. The molecule has 2 aliphatic carbocycles. The summed E-state index contributed by atoms with van der Waals surface area (Å²) in [6.07, 6.45) is 0. The van der Waals surface area contributed by atoms with E-state index in [1.54, 1.807) is 0 Å². The van der Waals surface area contributed by atoms with E-state index >= 15 is 0 Å². The van der Waals surface area contributed by atoms with Gasteiger partial charge in [-0.15, -0.1) is 0 Å². The first kappa shape index (κ1) is 38.3. The number of nitrogens with zero attached hydrogens (tertiary/aromatic N) is 2. The first-order chi connectivity index (χ1) is 32.5. The summed E-state index contributed by atoms with van der Waals surface area (Å²) in [5, 5.41) is 4.91. The van der Waals surface area contributed by atoms with E-state index < -0.39 is 5.41 Å². The summed E-state index contributed by atoms with van der Waals surface area (Å²) in [6, 6.07) is 84.4. The van der Waals surface area contributed by atoms with Crippen LogP contribution in [0.25, 0.3) is 88.8 Å². The third-order valence-corrected chi connectivity index (χ3v) is 14.6. The highest BCUT2D eigenvalue weighted by molar-refractivity contribution is 6.09. The molecule has 0 atom stereocenters. The maximum atomic E-state index is 5.39. The molecule has 0 unspecified atom stereocenters. The molecule has 0 N–H and O–H groups in total. The van der Waals surface area contributed by atoms with Crippen LogP contribution in [-0.2, 0) is 10.8 Å². The van der Waals surface area contributed by atoms with E-state index in [2.05, 4.69) is 238 Å². The average molecular weight is 841 g/mol. The minimum atomic E-state index is -0.468. The lowest BCUT2D eigenvalue weighted by Crippen LogP contribution is -2.28. The summed E-state index contributed by atoms with van der Waals surface area (Å²) in [7, 11) is 0. The van der Waals surface area contributed by atoms with Crippen molar-refractivity contribution in [3.05, 3.63) is 264 Å². The molecule has 10 aromatic carbocycles. The molecule has 0 saturated carbocycles. The summed E-state index contributed by atoms with van der Waals surface area (Å²) in [6.45, 7) is 4.74. The van der Waals surface area contributed by atoms with E-state index in [0.717, 1.165) is 33.5 Å². The molecular formula is C64H44N2. The minimum Gasteiger partial charge on any atom is -0.228 e. The van der Waals surface area contributed by atoms with E-state index in [9.17, 15) is 0 Å². The maximum absolute atomic E-state index is 5.39. The van der Waals surface area contributed by atoms with Crippen LogP contribution in [0.4, 0.5) is 0 Å².